The fourth-order valence-corrected chi connectivity index (χ4v) is 5.45. The molecule has 2 N–H and O–H groups in total. The van der Waals surface area contributed by atoms with Crippen LogP contribution in [0.4, 0.5) is 5.69 Å². The van der Waals surface area contributed by atoms with E-state index in [1.165, 1.54) is 0 Å². The van der Waals surface area contributed by atoms with Gasteiger partial charge in [-0.05, 0) is 61.6 Å². The molecule has 1 amide bonds. The molecule has 9 heteroatoms. The monoisotopic (exact) mass is 480 g/mol. The van der Waals surface area contributed by atoms with E-state index < -0.39 is 0 Å². The third-order valence-corrected chi connectivity index (χ3v) is 6.87. The lowest BCUT2D eigenvalue weighted by Crippen LogP contribution is -2.30. The number of carbonyl (C=O) groups excluding carboxylic acids is 1. The van der Waals surface area contributed by atoms with Crippen molar-refractivity contribution in [3.8, 4) is 5.69 Å². The Labute approximate surface area is 193 Å². The zero-order chi connectivity index (χ0) is 21.0. The van der Waals surface area contributed by atoms with Crippen molar-refractivity contribution >= 4 is 58.0 Å². The average Bonchev–Trinajstić information content (AvgIpc) is 3.40. The van der Waals surface area contributed by atoms with Gasteiger partial charge in [-0.2, -0.15) is 5.10 Å². The fourth-order valence-electron chi connectivity index (χ4n) is 4.51. The molecule has 1 heterocycles. The summed E-state index contributed by atoms with van der Waals surface area (Å²) in [4.78, 5) is 13.0. The summed E-state index contributed by atoms with van der Waals surface area (Å²) in [5.74, 6) is 0.391. The Hall–Kier alpha value is -1.92. The van der Waals surface area contributed by atoms with Gasteiger partial charge in [0.2, 0.25) is 0 Å². The van der Waals surface area contributed by atoms with Crippen molar-refractivity contribution in [3.05, 3.63) is 73.4 Å². The Balaban J connectivity index is 1.50. The number of nitrogens with one attached hydrogen (secondary N) is 2. The van der Waals surface area contributed by atoms with Crippen LogP contribution in [-0.4, -0.2) is 15.7 Å². The van der Waals surface area contributed by atoms with Crippen LogP contribution in [0, 0.1) is 0 Å². The van der Waals surface area contributed by atoms with Gasteiger partial charge >= 0.3 is 0 Å². The zero-order valence-corrected chi connectivity index (χ0v) is 18.6. The first-order valence-corrected chi connectivity index (χ1v) is 11.0. The van der Waals surface area contributed by atoms with Crippen molar-refractivity contribution in [2.75, 3.05) is 5.43 Å². The second-order valence-electron chi connectivity index (χ2n) is 7.57. The summed E-state index contributed by atoms with van der Waals surface area (Å²) >= 11 is 24.6. The maximum atomic E-state index is 13.0. The molecule has 2 unspecified atom stereocenters. The van der Waals surface area contributed by atoms with Gasteiger partial charge in [0.1, 0.15) is 0 Å². The maximum absolute atomic E-state index is 13.0. The maximum Gasteiger partial charge on any atom is 0.290 e. The lowest BCUT2D eigenvalue weighted by Gasteiger charge is -2.15. The third-order valence-electron chi connectivity index (χ3n) is 5.78. The van der Waals surface area contributed by atoms with Crippen molar-refractivity contribution in [1.82, 2.24) is 15.2 Å². The summed E-state index contributed by atoms with van der Waals surface area (Å²) in [6.45, 7) is 0. The van der Waals surface area contributed by atoms with Gasteiger partial charge in [0, 0.05) is 21.5 Å². The molecule has 2 aliphatic rings. The summed E-state index contributed by atoms with van der Waals surface area (Å²) in [7, 11) is 0. The molecular weight excluding hydrogens is 466 g/mol. The number of carbonyl (C=O) groups is 1. The fraction of sp³-hybridized carbons (Fsp3) is 0.238. The van der Waals surface area contributed by atoms with E-state index in [1.807, 2.05) is 10.7 Å². The van der Waals surface area contributed by atoms with E-state index in [-0.39, 0.29) is 5.91 Å². The molecular formula is C21H16Cl4N4O. The van der Waals surface area contributed by atoms with E-state index in [1.54, 1.807) is 30.3 Å². The number of fused-ring (bicyclic) bond motifs is 5. The predicted molar refractivity (Wildman–Crippen MR) is 120 cm³/mol. The van der Waals surface area contributed by atoms with Gasteiger partial charge < -0.3 is 0 Å². The molecule has 0 spiro atoms. The normalized spacial score (nSPS) is 19.1. The number of hydrazine groups is 1. The van der Waals surface area contributed by atoms with Gasteiger partial charge in [-0.15, -0.1) is 0 Å². The third kappa shape index (κ3) is 3.34. The number of anilines is 1. The summed E-state index contributed by atoms with van der Waals surface area (Å²) in [5, 5.41) is 6.64. The Morgan fingerprint density at radius 3 is 2.40 bits per heavy atom. The first kappa shape index (κ1) is 20.0. The molecule has 0 radical (unpaired) electrons. The SMILES string of the molecule is O=C(NNc1ccc(Cl)cc1Cl)c1nn(-c2ccc(Cl)cc2Cl)c2c1C1CCC2C1. The van der Waals surface area contributed by atoms with Crippen LogP contribution in [0.1, 0.15) is 52.8 Å². The number of hydrogen-bond donors (Lipinski definition) is 2. The van der Waals surface area contributed by atoms with Crippen LogP contribution >= 0.6 is 46.4 Å². The van der Waals surface area contributed by atoms with Crippen LogP contribution in [0.5, 0.6) is 0 Å². The Kier molecular flexibility index (Phi) is 5.10. The van der Waals surface area contributed by atoms with E-state index in [9.17, 15) is 4.79 Å². The molecule has 2 bridgehead atoms. The number of halogens is 4. The minimum Gasteiger partial charge on any atom is -0.297 e. The molecule has 0 aliphatic heterocycles. The largest absolute Gasteiger partial charge is 0.297 e. The summed E-state index contributed by atoms with van der Waals surface area (Å²) in [5.41, 5.74) is 9.32. The molecule has 30 heavy (non-hydrogen) atoms. The molecule has 1 fully saturated rings. The number of amides is 1. The first-order chi connectivity index (χ1) is 14.4. The molecule has 3 aromatic rings. The second kappa shape index (κ2) is 7.65. The second-order valence-corrected chi connectivity index (χ2v) is 9.25. The van der Waals surface area contributed by atoms with Crippen LogP contribution in [-0.2, 0) is 0 Å². The van der Waals surface area contributed by atoms with E-state index in [0.717, 1.165) is 36.2 Å². The molecule has 5 nitrogen and oxygen atoms in total. The topological polar surface area (TPSA) is 59.0 Å². The summed E-state index contributed by atoms with van der Waals surface area (Å²) < 4.78 is 1.81. The van der Waals surface area contributed by atoms with Crippen molar-refractivity contribution < 1.29 is 4.79 Å². The van der Waals surface area contributed by atoms with E-state index >= 15 is 0 Å². The predicted octanol–water partition coefficient (Wildman–Crippen LogP) is 6.61. The highest BCUT2D eigenvalue weighted by atomic mass is 35.5. The number of benzene rings is 2. The Morgan fingerprint density at radius 2 is 1.67 bits per heavy atom. The number of rotatable bonds is 4. The first-order valence-electron chi connectivity index (χ1n) is 9.52. The van der Waals surface area contributed by atoms with Crippen molar-refractivity contribution in [1.29, 1.82) is 0 Å². The van der Waals surface area contributed by atoms with Crippen LogP contribution < -0.4 is 10.9 Å². The van der Waals surface area contributed by atoms with Crippen LogP contribution in [0.2, 0.25) is 20.1 Å². The Bertz CT molecular complexity index is 1180. The van der Waals surface area contributed by atoms with Crippen molar-refractivity contribution in [2.45, 2.75) is 31.1 Å². The number of hydrogen-bond acceptors (Lipinski definition) is 3. The highest BCUT2D eigenvalue weighted by Gasteiger charge is 2.44. The van der Waals surface area contributed by atoms with Crippen molar-refractivity contribution in [2.24, 2.45) is 0 Å². The van der Waals surface area contributed by atoms with E-state index in [4.69, 9.17) is 46.4 Å². The van der Waals surface area contributed by atoms with Gasteiger partial charge in [-0.1, -0.05) is 46.4 Å². The minimum absolute atomic E-state index is 0.325. The minimum atomic E-state index is -0.325. The zero-order valence-electron chi connectivity index (χ0n) is 15.6. The quantitative estimate of drug-likeness (QED) is 0.412. The summed E-state index contributed by atoms with van der Waals surface area (Å²) in [6, 6.07) is 10.3. The highest BCUT2D eigenvalue weighted by Crippen LogP contribution is 2.54. The molecule has 154 valence electrons. The van der Waals surface area contributed by atoms with E-state index in [0.29, 0.717) is 43.3 Å². The van der Waals surface area contributed by atoms with E-state index in [2.05, 4.69) is 16.0 Å². The van der Waals surface area contributed by atoms with Gasteiger partial charge in [-0.25, -0.2) is 4.68 Å². The molecule has 2 aromatic carbocycles. The highest BCUT2D eigenvalue weighted by molar-refractivity contribution is 6.36. The molecule has 1 aromatic heterocycles. The van der Waals surface area contributed by atoms with Gasteiger partial charge in [0.25, 0.3) is 5.91 Å². The Morgan fingerprint density at radius 1 is 0.967 bits per heavy atom. The molecule has 5 rings (SSSR count). The molecule has 1 saturated carbocycles. The lowest BCUT2D eigenvalue weighted by molar-refractivity contribution is 0.0956. The van der Waals surface area contributed by atoms with Crippen LogP contribution in [0.3, 0.4) is 0 Å². The number of aromatic nitrogens is 2. The van der Waals surface area contributed by atoms with Crippen LogP contribution in [0.15, 0.2) is 36.4 Å². The van der Waals surface area contributed by atoms with Crippen molar-refractivity contribution in [3.63, 3.8) is 0 Å². The smallest absolute Gasteiger partial charge is 0.290 e. The van der Waals surface area contributed by atoms with Gasteiger partial charge in [0.05, 0.1) is 27.1 Å². The molecule has 2 atom stereocenters. The van der Waals surface area contributed by atoms with Gasteiger partial charge in [0.15, 0.2) is 5.69 Å². The van der Waals surface area contributed by atoms with Crippen LogP contribution in [0.25, 0.3) is 5.69 Å². The summed E-state index contributed by atoms with van der Waals surface area (Å²) in [6.07, 6.45) is 3.19. The average molecular weight is 482 g/mol. The number of nitrogens with zero attached hydrogens (tertiary/aromatic N) is 2. The molecule has 2 aliphatic carbocycles. The van der Waals surface area contributed by atoms with Gasteiger partial charge in [-0.3, -0.25) is 15.6 Å². The lowest BCUT2D eigenvalue weighted by atomic mass is 9.95. The molecule has 0 saturated heterocycles. The standard InChI is InChI=1S/C21H16Cl4N4O/c22-12-3-5-16(14(24)8-12)26-27-21(30)19-18-10-1-2-11(7-10)20(18)29(28-19)17-6-4-13(23)9-15(17)25/h3-6,8-11,26H,1-2,7H2,(H,27,30).